The van der Waals surface area contributed by atoms with Crippen LogP contribution in [0.3, 0.4) is 0 Å². The number of hydrogen-bond acceptors (Lipinski definition) is 7. The number of carboxylic acids is 1. The van der Waals surface area contributed by atoms with Gasteiger partial charge in [0.05, 0.1) is 15.8 Å². The van der Waals surface area contributed by atoms with Crippen molar-refractivity contribution in [3.63, 3.8) is 0 Å². The predicted octanol–water partition coefficient (Wildman–Crippen LogP) is 4.54. The van der Waals surface area contributed by atoms with E-state index in [1.54, 1.807) is 12.1 Å². The molecule has 0 saturated carbocycles. The highest BCUT2D eigenvalue weighted by Crippen LogP contribution is 2.33. The Labute approximate surface area is 214 Å². The second-order valence-corrected chi connectivity index (χ2v) is 10.4. The summed E-state index contributed by atoms with van der Waals surface area (Å²) in [4.78, 5) is 35.9. The number of piperidine rings is 1. The van der Waals surface area contributed by atoms with E-state index < -0.39 is 5.97 Å². The van der Waals surface area contributed by atoms with Crippen LogP contribution in [0.15, 0.2) is 33.9 Å². The van der Waals surface area contributed by atoms with Gasteiger partial charge < -0.3 is 20.6 Å². The SMILES string of the molecule is CCC1=C(Cl)N=C(C(=O)N[C@@H]2CCN(c3nc4cccc(C(=O)O)c4s3)C[C@@H]2NC(CC)CC)C1. The molecular formula is C25H32ClN5O3S. The molecule has 1 aromatic heterocycles. The highest BCUT2D eigenvalue weighted by Gasteiger charge is 2.34. The maximum absolute atomic E-state index is 13.0. The number of hydrogen-bond donors (Lipinski definition) is 3. The molecule has 0 radical (unpaired) electrons. The summed E-state index contributed by atoms with van der Waals surface area (Å²) in [6.45, 7) is 7.70. The third kappa shape index (κ3) is 5.52. The second kappa shape index (κ2) is 11.1. The lowest BCUT2D eigenvalue weighted by Gasteiger charge is -2.40. The standard InChI is InChI=1S/C25H32ClN5O3S/c1-4-14-12-19(28-22(14)26)23(32)29-17-10-11-31(13-20(17)27-15(5-2)6-3)25-30-18-9-7-8-16(24(33)34)21(18)35-25/h7-9,15,17,20,27H,4-6,10-13H2,1-3H3,(H,29,32)(H,33,34)/t17-,20+/m1/s1. The average molecular weight is 518 g/mol. The number of nitrogens with zero attached hydrogens (tertiary/aromatic N) is 3. The Kier molecular flexibility index (Phi) is 8.09. The number of aliphatic imine (C=N–C) groups is 1. The Morgan fingerprint density at radius 1 is 1.26 bits per heavy atom. The predicted molar refractivity (Wildman–Crippen MR) is 142 cm³/mol. The molecule has 2 aromatic rings. The van der Waals surface area contributed by atoms with Crippen LogP contribution in [-0.2, 0) is 4.79 Å². The third-order valence-corrected chi connectivity index (χ3v) is 8.38. The van der Waals surface area contributed by atoms with Crippen LogP contribution in [0.4, 0.5) is 5.13 Å². The Balaban J connectivity index is 1.52. The van der Waals surface area contributed by atoms with Crippen molar-refractivity contribution in [1.82, 2.24) is 15.6 Å². The zero-order chi connectivity index (χ0) is 25.1. The summed E-state index contributed by atoms with van der Waals surface area (Å²) in [6.07, 6.45) is 4.00. The minimum Gasteiger partial charge on any atom is -0.478 e. The average Bonchev–Trinajstić information content (AvgIpc) is 3.46. The smallest absolute Gasteiger partial charge is 0.337 e. The van der Waals surface area contributed by atoms with E-state index in [1.165, 1.54) is 11.3 Å². The summed E-state index contributed by atoms with van der Waals surface area (Å²) in [5, 5.41) is 17.8. The highest BCUT2D eigenvalue weighted by molar-refractivity contribution is 7.22. The first-order valence-electron chi connectivity index (χ1n) is 12.2. The van der Waals surface area contributed by atoms with Crippen LogP contribution in [0.2, 0.25) is 0 Å². The number of fused-ring (bicyclic) bond motifs is 1. The van der Waals surface area contributed by atoms with Gasteiger partial charge in [-0.1, -0.05) is 49.8 Å². The van der Waals surface area contributed by atoms with E-state index >= 15 is 0 Å². The highest BCUT2D eigenvalue weighted by atomic mass is 35.5. The van der Waals surface area contributed by atoms with E-state index in [1.807, 2.05) is 13.0 Å². The first-order valence-corrected chi connectivity index (χ1v) is 13.4. The zero-order valence-corrected chi connectivity index (χ0v) is 21.9. The minimum absolute atomic E-state index is 0.0136. The lowest BCUT2D eigenvalue weighted by molar-refractivity contribution is -0.115. The summed E-state index contributed by atoms with van der Waals surface area (Å²) < 4.78 is 0.685. The number of carbonyl (C=O) groups is 2. The summed E-state index contributed by atoms with van der Waals surface area (Å²) in [7, 11) is 0. The normalized spacial score (nSPS) is 20.6. The molecule has 2 aliphatic heterocycles. The van der Waals surface area contributed by atoms with Crippen molar-refractivity contribution in [3.05, 3.63) is 34.5 Å². The first-order chi connectivity index (χ1) is 16.8. The van der Waals surface area contributed by atoms with Gasteiger partial charge in [0.25, 0.3) is 5.91 Å². The molecule has 3 heterocycles. The van der Waals surface area contributed by atoms with Crippen LogP contribution in [-0.4, -0.2) is 58.9 Å². The molecule has 1 amide bonds. The lowest BCUT2D eigenvalue weighted by atomic mass is 9.97. The van der Waals surface area contributed by atoms with Crippen LogP contribution in [0.25, 0.3) is 10.2 Å². The second-order valence-electron chi connectivity index (χ2n) is 9.04. The van der Waals surface area contributed by atoms with Crippen molar-refractivity contribution >= 4 is 55.9 Å². The van der Waals surface area contributed by atoms with Crippen LogP contribution < -0.4 is 15.5 Å². The van der Waals surface area contributed by atoms with E-state index in [9.17, 15) is 14.7 Å². The Hall–Kier alpha value is -2.49. The number of allylic oxidation sites excluding steroid dienone is 1. The van der Waals surface area contributed by atoms with Gasteiger partial charge in [0.15, 0.2) is 5.13 Å². The molecule has 0 spiro atoms. The molecule has 0 aliphatic carbocycles. The van der Waals surface area contributed by atoms with Gasteiger partial charge in [0.1, 0.15) is 10.9 Å². The number of halogens is 1. The summed E-state index contributed by atoms with van der Waals surface area (Å²) >= 11 is 7.61. The number of nitrogens with one attached hydrogen (secondary N) is 2. The first kappa shape index (κ1) is 25.6. The van der Waals surface area contributed by atoms with Crippen molar-refractivity contribution in [2.75, 3.05) is 18.0 Å². The van der Waals surface area contributed by atoms with Crippen LogP contribution >= 0.6 is 22.9 Å². The van der Waals surface area contributed by atoms with Gasteiger partial charge in [-0.15, -0.1) is 0 Å². The molecule has 0 unspecified atom stereocenters. The van der Waals surface area contributed by atoms with Gasteiger partial charge in [-0.05, 0) is 43.4 Å². The fourth-order valence-electron chi connectivity index (χ4n) is 4.70. The maximum atomic E-state index is 13.0. The molecule has 2 atom stereocenters. The number of rotatable bonds is 9. The fraction of sp³-hybridized carbons (Fsp3) is 0.520. The molecule has 1 saturated heterocycles. The van der Waals surface area contributed by atoms with Crippen molar-refractivity contribution in [2.24, 2.45) is 4.99 Å². The van der Waals surface area contributed by atoms with E-state index in [-0.39, 0.29) is 23.6 Å². The number of aromatic nitrogens is 1. The Morgan fingerprint density at radius 2 is 2.03 bits per heavy atom. The van der Waals surface area contributed by atoms with E-state index in [4.69, 9.17) is 16.6 Å². The number of aromatic carboxylic acids is 1. The third-order valence-electron chi connectivity index (χ3n) is 6.86. The number of benzene rings is 1. The largest absolute Gasteiger partial charge is 0.478 e. The molecule has 188 valence electrons. The van der Waals surface area contributed by atoms with Gasteiger partial charge in [0, 0.05) is 37.6 Å². The molecule has 4 rings (SSSR count). The van der Waals surface area contributed by atoms with Crippen LogP contribution in [0.1, 0.15) is 63.2 Å². The van der Waals surface area contributed by atoms with Gasteiger partial charge in [-0.25, -0.2) is 14.8 Å². The van der Waals surface area contributed by atoms with Gasteiger partial charge in [0.2, 0.25) is 0 Å². The number of carbonyl (C=O) groups excluding carboxylic acids is 1. The molecular weight excluding hydrogens is 486 g/mol. The van der Waals surface area contributed by atoms with Crippen molar-refractivity contribution in [1.29, 1.82) is 0 Å². The Morgan fingerprint density at radius 3 is 2.69 bits per heavy atom. The minimum atomic E-state index is -0.948. The topological polar surface area (TPSA) is 107 Å². The van der Waals surface area contributed by atoms with Gasteiger partial charge in [-0.2, -0.15) is 0 Å². The summed E-state index contributed by atoms with van der Waals surface area (Å²) in [5.41, 5.74) is 2.44. The fourth-order valence-corrected chi connectivity index (χ4v) is 6.11. The maximum Gasteiger partial charge on any atom is 0.337 e. The molecule has 8 nitrogen and oxygen atoms in total. The zero-order valence-electron chi connectivity index (χ0n) is 20.3. The lowest BCUT2D eigenvalue weighted by Crippen LogP contribution is -2.61. The monoisotopic (exact) mass is 517 g/mol. The number of thiazole rings is 1. The van der Waals surface area contributed by atoms with Crippen LogP contribution in [0.5, 0.6) is 0 Å². The summed E-state index contributed by atoms with van der Waals surface area (Å²) in [6, 6.07) is 5.48. The Bertz CT molecular complexity index is 1170. The molecule has 1 fully saturated rings. The molecule has 1 aromatic carbocycles. The molecule has 10 heteroatoms. The van der Waals surface area contributed by atoms with Crippen molar-refractivity contribution < 1.29 is 14.7 Å². The van der Waals surface area contributed by atoms with Gasteiger partial charge in [-0.3, -0.25) is 4.79 Å². The van der Waals surface area contributed by atoms with E-state index in [0.29, 0.717) is 46.6 Å². The van der Waals surface area contributed by atoms with E-state index in [0.717, 1.165) is 36.4 Å². The number of anilines is 1. The van der Waals surface area contributed by atoms with Gasteiger partial charge >= 0.3 is 5.97 Å². The molecule has 2 aliphatic rings. The quantitative estimate of drug-likeness (QED) is 0.421. The molecule has 3 N–H and O–H groups in total. The summed E-state index contributed by atoms with van der Waals surface area (Å²) in [5.74, 6) is -1.11. The molecule has 0 bridgehead atoms. The van der Waals surface area contributed by atoms with Crippen molar-refractivity contribution in [2.45, 2.75) is 71.0 Å². The number of amides is 1. The van der Waals surface area contributed by atoms with Crippen molar-refractivity contribution in [3.8, 4) is 0 Å². The molecule has 35 heavy (non-hydrogen) atoms. The number of carboxylic acid groups (broad SMARTS) is 1. The van der Waals surface area contributed by atoms with E-state index in [2.05, 4.69) is 34.4 Å². The van der Waals surface area contributed by atoms with Crippen LogP contribution in [0, 0.1) is 0 Å².